The number of nitrogens with zero attached hydrogens (tertiary/aromatic N) is 3. The van der Waals surface area contributed by atoms with Crippen LogP contribution in [0.25, 0.3) is 0 Å². The highest BCUT2D eigenvalue weighted by Gasteiger charge is 2.08. The van der Waals surface area contributed by atoms with E-state index >= 15 is 0 Å². The van der Waals surface area contributed by atoms with Crippen molar-refractivity contribution in [3.63, 3.8) is 0 Å². The normalized spacial score (nSPS) is 10.2. The fraction of sp³-hybridized carbons (Fsp3) is 0.273. The van der Waals surface area contributed by atoms with Gasteiger partial charge in [-0.15, -0.1) is 0 Å². The van der Waals surface area contributed by atoms with Crippen LogP contribution in [0.5, 0.6) is 0 Å². The van der Waals surface area contributed by atoms with E-state index in [-0.39, 0.29) is 17.0 Å². The summed E-state index contributed by atoms with van der Waals surface area (Å²) in [6.45, 7) is 1.15. The van der Waals surface area contributed by atoms with Crippen molar-refractivity contribution in [1.82, 2.24) is 25.1 Å². The fourth-order valence-corrected chi connectivity index (χ4v) is 1.49. The zero-order chi connectivity index (χ0) is 12.8. The maximum Gasteiger partial charge on any atom is 0.260 e. The van der Waals surface area contributed by atoms with Crippen molar-refractivity contribution in [3.8, 4) is 0 Å². The van der Waals surface area contributed by atoms with Gasteiger partial charge in [-0.1, -0.05) is 0 Å². The van der Waals surface area contributed by atoms with Crippen LogP contribution in [0.1, 0.15) is 16.8 Å². The lowest BCUT2D eigenvalue weighted by Crippen LogP contribution is -2.30. The first kappa shape index (κ1) is 12.0. The average molecular weight is 247 g/mol. The first-order valence-corrected chi connectivity index (χ1v) is 5.55. The summed E-state index contributed by atoms with van der Waals surface area (Å²) in [5, 5.41) is 6.62. The molecule has 7 nitrogen and oxygen atoms in total. The number of hydrogen-bond acceptors (Lipinski definition) is 4. The predicted molar refractivity (Wildman–Crippen MR) is 64.0 cm³/mol. The molecule has 0 radical (unpaired) electrons. The Morgan fingerprint density at radius 2 is 2.39 bits per heavy atom. The molecule has 0 saturated carbocycles. The van der Waals surface area contributed by atoms with Crippen LogP contribution < -0.4 is 10.9 Å². The fourth-order valence-electron chi connectivity index (χ4n) is 1.49. The second-order valence-electron chi connectivity index (χ2n) is 3.68. The molecule has 2 aromatic heterocycles. The van der Waals surface area contributed by atoms with Gasteiger partial charge < -0.3 is 10.3 Å². The Kier molecular flexibility index (Phi) is 3.85. The summed E-state index contributed by atoms with van der Waals surface area (Å²) in [4.78, 5) is 29.3. The summed E-state index contributed by atoms with van der Waals surface area (Å²) < 4.78 is 1.68. The predicted octanol–water partition coefficient (Wildman–Crippen LogP) is -0.214. The third kappa shape index (κ3) is 3.03. The molecule has 2 heterocycles. The van der Waals surface area contributed by atoms with E-state index in [1.807, 2.05) is 0 Å². The Bertz CT molecular complexity index is 561. The molecule has 0 fully saturated rings. The third-order valence-electron chi connectivity index (χ3n) is 2.38. The van der Waals surface area contributed by atoms with Gasteiger partial charge in [0, 0.05) is 19.3 Å². The van der Waals surface area contributed by atoms with E-state index in [1.165, 1.54) is 18.6 Å². The van der Waals surface area contributed by atoms with Crippen molar-refractivity contribution in [2.75, 3.05) is 6.54 Å². The van der Waals surface area contributed by atoms with Crippen LogP contribution in [0.3, 0.4) is 0 Å². The zero-order valence-corrected chi connectivity index (χ0v) is 9.67. The van der Waals surface area contributed by atoms with Gasteiger partial charge in [-0.25, -0.2) is 4.98 Å². The number of aromatic nitrogens is 4. The van der Waals surface area contributed by atoms with Gasteiger partial charge in [-0.3, -0.25) is 14.3 Å². The zero-order valence-electron chi connectivity index (χ0n) is 9.67. The van der Waals surface area contributed by atoms with Gasteiger partial charge in [0.2, 0.25) is 0 Å². The molecule has 1 amide bonds. The van der Waals surface area contributed by atoms with Crippen LogP contribution in [0.15, 0.2) is 35.8 Å². The molecule has 94 valence electrons. The highest BCUT2D eigenvalue weighted by atomic mass is 16.2. The number of pyridine rings is 1. The quantitative estimate of drug-likeness (QED) is 0.715. The molecule has 0 bridgehead atoms. The summed E-state index contributed by atoms with van der Waals surface area (Å²) in [5.41, 5.74) is -0.260. The second kappa shape index (κ2) is 5.76. The third-order valence-corrected chi connectivity index (χ3v) is 2.38. The van der Waals surface area contributed by atoms with E-state index in [0.717, 1.165) is 6.42 Å². The highest BCUT2D eigenvalue weighted by molar-refractivity contribution is 5.93. The Balaban J connectivity index is 1.79. The van der Waals surface area contributed by atoms with Gasteiger partial charge >= 0.3 is 0 Å². The number of H-pyrrole nitrogens is 1. The first-order chi connectivity index (χ1) is 8.77. The minimum atomic E-state index is -0.383. The molecule has 2 rings (SSSR count). The van der Waals surface area contributed by atoms with Gasteiger partial charge in [-0.2, -0.15) is 5.10 Å². The molecule has 2 aromatic rings. The van der Waals surface area contributed by atoms with Crippen molar-refractivity contribution in [1.29, 1.82) is 0 Å². The first-order valence-electron chi connectivity index (χ1n) is 5.55. The lowest BCUT2D eigenvalue weighted by molar-refractivity contribution is 0.0951. The molecule has 18 heavy (non-hydrogen) atoms. The van der Waals surface area contributed by atoms with Crippen molar-refractivity contribution >= 4 is 5.91 Å². The molecule has 0 unspecified atom stereocenters. The molecule has 0 aromatic carbocycles. The van der Waals surface area contributed by atoms with Crippen LogP contribution in [0.4, 0.5) is 0 Å². The highest BCUT2D eigenvalue weighted by Crippen LogP contribution is 1.90. The largest absolute Gasteiger partial charge is 0.352 e. The molecule has 0 saturated heterocycles. The Labute approximate surface area is 103 Å². The SMILES string of the molecule is O=C(NCCCn1cncn1)c1ccc[nH]c1=O. The Hall–Kier alpha value is -2.44. The Morgan fingerprint density at radius 3 is 3.11 bits per heavy atom. The summed E-state index contributed by atoms with van der Waals surface area (Å²) in [7, 11) is 0. The monoisotopic (exact) mass is 247 g/mol. The maximum absolute atomic E-state index is 11.7. The van der Waals surface area contributed by atoms with E-state index in [4.69, 9.17) is 0 Å². The molecular weight excluding hydrogens is 234 g/mol. The van der Waals surface area contributed by atoms with Crippen LogP contribution >= 0.6 is 0 Å². The lowest BCUT2D eigenvalue weighted by Gasteiger charge is -2.04. The molecule has 0 spiro atoms. The number of hydrogen-bond donors (Lipinski definition) is 2. The standard InChI is InChI=1S/C11H13N5O2/c17-10-9(3-1-4-13-10)11(18)14-5-2-6-16-8-12-7-15-16/h1,3-4,7-8H,2,5-6H2,(H,13,17)(H,14,18). The topological polar surface area (TPSA) is 92.7 Å². The summed E-state index contributed by atoms with van der Waals surface area (Å²) in [6.07, 6.45) is 5.29. The molecular formula is C11H13N5O2. The number of rotatable bonds is 5. The lowest BCUT2D eigenvalue weighted by atomic mass is 10.2. The number of amides is 1. The molecule has 0 aliphatic rings. The van der Waals surface area contributed by atoms with Crippen LogP contribution in [0, 0.1) is 0 Å². The number of aryl methyl sites for hydroxylation is 1. The smallest absolute Gasteiger partial charge is 0.260 e. The molecule has 0 atom stereocenters. The van der Waals surface area contributed by atoms with Crippen molar-refractivity contribution in [2.45, 2.75) is 13.0 Å². The Morgan fingerprint density at radius 1 is 1.50 bits per heavy atom. The molecule has 7 heteroatoms. The van der Waals surface area contributed by atoms with E-state index < -0.39 is 0 Å². The molecule has 0 aliphatic carbocycles. The summed E-state index contributed by atoms with van der Waals surface area (Å²) >= 11 is 0. The van der Waals surface area contributed by atoms with Gasteiger partial charge in [0.25, 0.3) is 11.5 Å². The van der Waals surface area contributed by atoms with Gasteiger partial charge in [-0.05, 0) is 18.6 Å². The average Bonchev–Trinajstić information content (AvgIpc) is 2.88. The van der Waals surface area contributed by atoms with Crippen molar-refractivity contribution in [3.05, 3.63) is 46.9 Å². The number of aromatic amines is 1. The number of carbonyl (C=O) groups is 1. The molecule has 0 aliphatic heterocycles. The van der Waals surface area contributed by atoms with Gasteiger partial charge in [0.1, 0.15) is 18.2 Å². The maximum atomic E-state index is 11.7. The van der Waals surface area contributed by atoms with Crippen molar-refractivity contribution in [2.24, 2.45) is 0 Å². The summed E-state index contributed by atoms with van der Waals surface area (Å²) in [6, 6.07) is 3.11. The molecule has 2 N–H and O–H groups in total. The van der Waals surface area contributed by atoms with Crippen LogP contribution in [0.2, 0.25) is 0 Å². The number of nitrogens with one attached hydrogen (secondary N) is 2. The minimum Gasteiger partial charge on any atom is -0.352 e. The van der Waals surface area contributed by atoms with E-state index in [2.05, 4.69) is 20.4 Å². The van der Waals surface area contributed by atoms with Crippen molar-refractivity contribution < 1.29 is 4.79 Å². The van der Waals surface area contributed by atoms with Crippen LogP contribution in [-0.2, 0) is 6.54 Å². The van der Waals surface area contributed by atoms with Gasteiger partial charge in [0.05, 0.1) is 0 Å². The second-order valence-corrected chi connectivity index (χ2v) is 3.68. The van der Waals surface area contributed by atoms with E-state index in [1.54, 1.807) is 17.1 Å². The number of carbonyl (C=O) groups excluding carboxylic acids is 1. The van der Waals surface area contributed by atoms with E-state index in [9.17, 15) is 9.59 Å². The summed E-state index contributed by atoms with van der Waals surface area (Å²) in [5.74, 6) is -0.365. The van der Waals surface area contributed by atoms with Gasteiger partial charge in [0.15, 0.2) is 0 Å². The minimum absolute atomic E-state index is 0.123. The van der Waals surface area contributed by atoms with Crippen LogP contribution in [-0.4, -0.2) is 32.2 Å². The van der Waals surface area contributed by atoms with E-state index in [0.29, 0.717) is 13.1 Å².